The van der Waals surface area contributed by atoms with Crippen molar-refractivity contribution in [1.29, 1.82) is 0 Å². The average molecular weight is 355 g/mol. The standard InChI is InChI=1S/C16H15F2NO4S/c1-16(2,23-13-7-3-11(17)4-8-13)15(20)19-24(21,22)14-9-5-12(18)6-10-14/h3-10H,1-2H3,(H,19,20). The number of carbonyl (C=O) groups excluding carboxylic acids is 1. The quantitative estimate of drug-likeness (QED) is 0.895. The van der Waals surface area contributed by atoms with Gasteiger partial charge >= 0.3 is 0 Å². The number of ether oxygens (including phenoxy) is 1. The van der Waals surface area contributed by atoms with Crippen molar-refractivity contribution in [2.24, 2.45) is 0 Å². The number of benzene rings is 2. The molecular weight excluding hydrogens is 340 g/mol. The largest absolute Gasteiger partial charge is 0.478 e. The van der Waals surface area contributed by atoms with Gasteiger partial charge in [0.2, 0.25) is 0 Å². The number of hydrogen-bond donors (Lipinski definition) is 1. The average Bonchev–Trinajstić information content (AvgIpc) is 2.49. The molecule has 128 valence electrons. The minimum Gasteiger partial charge on any atom is -0.478 e. The van der Waals surface area contributed by atoms with Crippen LogP contribution in [-0.4, -0.2) is 19.9 Å². The Morgan fingerprint density at radius 2 is 1.42 bits per heavy atom. The van der Waals surface area contributed by atoms with Gasteiger partial charge in [-0.2, -0.15) is 0 Å². The first kappa shape index (κ1) is 17.9. The first-order valence-corrected chi connectivity index (χ1v) is 8.36. The third-order valence-electron chi connectivity index (χ3n) is 3.08. The molecule has 0 aliphatic rings. The van der Waals surface area contributed by atoms with Crippen molar-refractivity contribution in [2.75, 3.05) is 0 Å². The number of nitrogens with one attached hydrogen (secondary N) is 1. The van der Waals surface area contributed by atoms with E-state index in [2.05, 4.69) is 0 Å². The predicted octanol–water partition coefficient (Wildman–Crippen LogP) is 2.63. The molecule has 0 radical (unpaired) electrons. The van der Waals surface area contributed by atoms with Crippen molar-refractivity contribution in [1.82, 2.24) is 4.72 Å². The smallest absolute Gasteiger partial charge is 0.277 e. The number of halogens is 2. The maximum atomic E-state index is 12.9. The fourth-order valence-corrected chi connectivity index (χ4v) is 2.86. The molecule has 2 rings (SSSR count). The van der Waals surface area contributed by atoms with Crippen molar-refractivity contribution in [2.45, 2.75) is 24.3 Å². The normalized spacial score (nSPS) is 11.8. The zero-order valence-corrected chi connectivity index (χ0v) is 13.7. The maximum absolute atomic E-state index is 12.9. The summed E-state index contributed by atoms with van der Waals surface area (Å²) in [6.07, 6.45) is 0. The summed E-state index contributed by atoms with van der Waals surface area (Å²) < 4.78 is 57.3. The van der Waals surface area contributed by atoms with E-state index in [9.17, 15) is 22.0 Å². The lowest BCUT2D eigenvalue weighted by Crippen LogP contribution is -2.48. The van der Waals surface area contributed by atoms with E-state index in [0.717, 1.165) is 36.4 Å². The van der Waals surface area contributed by atoms with Crippen LogP contribution >= 0.6 is 0 Å². The van der Waals surface area contributed by atoms with Crippen LogP contribution in [0, 0.1) is 11.6 Å². The Morgan fingerprint density at radius 3 is 1.92 bits per heavy atom. The maximum Gasteiger partial charge on any atom is 0.277 e. The molecule has 5 nitrogen and oxygen atoms in total. The number of carbonyl (C=O) groups is 1. The van der Waals surface area contributed by atoms with Crippen molar-refractivity contribution in [3.63, 3.8) is 0 Å². The summed E-state index contributed by atoms with van der Waals surface area (Å²) >= 11 is 0. The SMILES string of the molecule is CC(C)(Oc1ccc(F)cc1)C(=O)NS(=O)(=O)c1ccc(F)cc1. The molecule has 24 heavy (non-hydrogen) atoms. The summed E-state index contributed by atoms with van der Waals surface area (Å²) in [5, 5.41) is 0. The second-order valence-electron chi connectivity index (χ2n) is 5.45. The molecule has 0 aliphatic heterocycles. The molecule has 0 saturated heterocycles. The Labute approximate surface area is 138 Å². The van der Waals surface area contributed by atoms with Gasteiger partial charge in [-0.1, -0.05) is 0 Å². The van der Waals surface area contributed by atoms with Crippen LogP contribution in [0.4, 0.5) is 8.78 Å². The van der Waals surface area contributed by atoms with E-state index < -0.39 is 33.2 Å². The second-order valence-corrected chi connectivity index (χ2v) is 7.14. The predicted molar refractivity (Wildman–Crippen MR) is 82.8 cm³/mol. The van der Waals surface area contributed by atoms with Gasteiger partial charge in [-0.05, 0) is 62.4 Å². The topological polar surface area (TPSA) is 72.5 Å². The fraction of sp³-hybridized carbons (Fsp3) is 0.188. The Balaban J connectivity index is 2.14. The van der Waals surface area contributed by atoms with Crippen LogP contribution < -0.4 is 9.46 Å². The molecule has 0 fully saturated rings. The summed E-state index contributed by atoms with van der Waals surface area (Å²) in [7, 11) is -4.16. The van der Waals surface area contributed by atoms with Crippen LogP contribution in [0.15, 0.2) is 53.4 Å². The molecule has 0 bridgehead atoms. The van der Waals surface area contributed by atoms with Crippen LogP contribution in [0.1, 0.15) is 13.8 Å². The van der Waals surface area contributed by atoms with E-state index >= 15 is 0 Å². The van der Waals surface area contributed by atoms with Crippen LogP contribution in [0.2, 0.25) is 0 Å². The summed E-state index contributed by atoms with van der Waals surface area (Å²) in [6, 6.07) is 8.96. The number of hydrogen-bond acceptors (Lipinski definition) is 4. The van der Waals surface area contributed by atoms with Gasteiger partial charge in [0.05, 0.1) is 4.90 Å². The first-order valence-electron chi connectivity index (χ1n) is 6.87. The van der Waals surface area contributed by atoms with Gasteiger partial charge in [-0.3, -0.25) is 4.79 Å². The lowest BCUT2D eigenvalue weighted by molar-refractivity contribution is -0.132. The van der Waals surface area contributed by atoms with E-state index in [-0.39, 0.29) is 10.6 Å². The van der Waals surface area contributed by atoms with Gasteiger partial charge in [-0.15, -0.1) is 0 Å². The van der Waals surface area contributed by atoms with Crippen molar-refractivity contribution in [3.05, 3.63) is 60.2 Å². The molecule has 0 unspecified atom stereocenters. The molecule has 0 aromatic heterocycles. The molecule has 1 amide bonds. The molecule has 0 spiro atoms. The third kappa shape index (κ3) is 4.29. The monoisotopic (exact) mass is 355 g/mol. The number of rotatable bonds is 5. The lowest BCUT2D eigenvalue weighted by Gasteiger charge is -2.25. The van der Waals surface area contributed by atoms with Crippen molar-refractivity contribution < 1.29 is 26.7 Å². The van der Waals surface area contributed by atoms with Gasteiger partial charge in [0.25, 0.3) is 15.9 Å². The highest BCUT2D eigenvalue weighted by Gasteiger charge is 2.33. The highest BCUT2D eigenvalue weighted by Crippen LogP contribution is 2.20. The summed E-state index contributed by atoms with van der Waals surface area (Å²) in [4.78, 5) is 12.0. The highest BCUT2D eigenvalue weighted by molar-refractivity contribution is 7.90. The molecular formula is C16H15F2NO4S. The molecule has 2 aromatic rings. The van der Waals surface area contributed by atoms with E-state index in [0.29, 0.717) is 0 Å². The molecule has 2 aromatic carbocycles. The highest BCUT2D eigenvalue weighted by atomic mass is 32.2. The van der Waals surface area contributed by atoms with Crippen LogP contribution in [0.5, 0.6) is 5.75 Å². The summed E-state index contributed by atoms with van der Waals surface area (Å²) in [6.45, 7) is 2.73. The van der Waals surface area contributed by atoms with Crippen molar-refractivity contribution in [3.8, 4) is 5.75 Å². The Morgan fingerprint density at radius 1 is 0.958 bits per heavy atom. The number of amides is 1. The van der Waals surface area contributed by atoms with E-state index in [4.69, 9.17) is 4.74 Å². The fourth-order valence-electron chi connectivity index (χ4n) is 1.76. The van der Waals surface area contributed by atoms with Gasteiger partial charge in [0, 0.05) is 0 Å². The van der Waals surface area contributed by atoms with Gasteiger partial charge in [0.1, 0.15) is 17.4 Å². The van der Waals surface area contributed by atoms with E-state index in [1.807, 2.05) is 4.72 Å². The molecule has 8 heteroatoms. The van der Waals surface area contributed by atoms with Crippen LogP contribution in [0.3, 0.4) is 0 Å². The Kier molecular flexibility index (Phi) is 4.88. The summed E-state index contributed by atoms with van der Waals surface area (Å²) in [5.41, 5.74) is -1.54. The van der Waals surface area contributed by atoms with Crippen LogP contribution in [-0.2, 0) is 14.8 Å². The molecule has 0 heterocycles. The second kappa shape index (κ2) is 6.56. The van der Waals surface area contributed by atoms with Gasteiger partial charge in [0.15, 0.2) is 5.60 Å². The minimum atomic E-state index is -4.16. The summed E-state index contributed by atoms with van der Waals surface area (Å²) in [5.74, 6) is -1.78. The zero-order chi connectivity index (χ0) is 18.0. The molecule has 0 aliphatic carbocycles. The Bertz CT molecular complexity index is 831. The molecule has 0 atom stereocenters. The first-order chi connectivity index (χ1) is 11.1. The third-order valence-corrected chi connectivity index (χ3v) is 4.43. The van der Waals surface area contributed by atoms with E-state index in [1.54, 1.807) is 0 Å². The number of sulfonamides is 1. The molecule has 1 N–H and O–H groups in total. The lowest BCUT2D eigenvalue weighted by atomic mass is 10.1. The van der Waals surface area contributed by atoms with Gasteiger partial charge < -0.3 is 4.74 Å². The van der Waals surface area contributed by atoms with Crippen molar-refractivity contribution >= 4 is 15.9 Å². The zero-order valence-electron chi connectivity index (χ0n) is 12.9. The molecule has 0 saturated carbocycles. The van der Waals surface area contributed by atoms with Crippen LogP contribution in [0.25, 0.3) is 0 Å². The van der Waals surface area contributed by atoms with Gasteiger partial charge in [-0.25, -0.2) is 21.9 Å². The Hall–Kier alpha value is -2.48. The minimum absolute atomic E-state index is 0.204. The van der Waals surface area contributed by atoms with E-state index in [1.165, 1.54) is 26.0 Å².